The number of carbonyl (C=O) groups excluding carboxylic acids is 1. The number of pyridine rings is 1. The fraction of sp³-hybridized carbons (Fsp3) is 0.500. The second-order valence-corrected chi connectivity index (χ2v) is 5.27. The molecule has 0 unspecified atom stereocenters. The first-order valence-electron chi connectivity index (χ1n) is 5.62. The van der Waals surface area contributed by atoms with E-state index < -0.39 is 0 Å². The van der Waals surface area contributed by atoms with Crippen LogP contribution in [0.1, 0.15) is 23.2 Å². The van der Waals surface area contributed by atoms with Gasteiger partial charge in [-0.3, -0.25) is 4.79 Å². The zero-order chi connectivity index (χ0) is 12.4. The number of halogens is 1. The van der Waals surface area contributed by atoms with Crippen molar-refractivity contribution in [1.29, 1.82) is 0 Å². The third-order valence-corrected chi connectivity index (χ3v) is 3.71. The Morgan fingerprint density at radius 2 is 2.35 bits per heavy atom. The molecule has 1 aromatic rings. The minimum atomic E-state index is -0.173. The molecule has 2 rings (SSSR count). The minimum Gasteiger partial charge on any atom is -0.393 e. The molecule has 1 amide bonds. The Balaban J connectivity index is 1.97. The van der Waals surface area contributed by atoms with E-state index in [1.807, 2.05) is 0 Å². The Labute approximate surface area is 109 Å². The van der Waals surface area contributed by atoms with Crippen LogP contribution in [0.4, 0.5) is 0 Å². The van der Waals surface area contributed by atoms with E-state index in [2.05, 4.69) is 20.9 Å². The van der Waals surface area contributed by atoms with Gasteiger partial charge in [0.25, 0.3) is 5.91 Å². The molecule has 17 heavy (non-hydrogen) atoms. The van der Waals surface area contributed by atoms with Crippen LogP contribution in [-0.4, -0.2) is 40.6 Å². The number of nitrogens with zero attached hydrogens (tertiary/aromatic N) is 2. The molecule has 0 aromatic carbocycles. The summed E-state index contributed by atoms with van der Waals surface area (Å²) in [4.78, 5) is 17.8. The molecule has 0 radical (unpaired) electrons. The first kappa shape index (κ1) is 12.5. The molecule has 1 aliphatic rings. The van der Waals surface area contributed by atoms with E-state index in [1.165, 1.54) is 0 Å². The van der Waals surface area contributed by atoms with Gasteiger partial charge >= 0.3 is 0 Å². The summed E-state index contributed by atoms with van der Waals surface area (Å²) in [5, 5.41) is 9.21. The van der Waals surface area contributed by atoms with Crippen molar-refractivity contribution in [3.63, 3.8) is 0 Å². The lowest BCUT2D eigenvalue weighted by Crippen LogP contribution is -2.39. The van der Waals surface area contributed by atoms with E-state index in [-0.39, 0.29) is 12.0 Å². The van der Waals surface area contributed by atoms with E-state index in [0.29, 0.717) is 22.6 Å². The van der Waals surface area contributed by atoms with Crippen LogP contribution in [0.15, 0.2) is 22.9 Å². The van der Waals surface area contributed by atoms with Gasteiger partial charge in [0.2, 0.25) is 0 Å². The van der Waals surface area contributed by atoms with Crippen molar-refractivity contribution in [3.05, 3.63) is 28.5 Å². The van der Waals surface area contributed by atoms with Crippen LogP contribution in [0.3, 0.4) is 0 Å². The molecule has 4 nitrogen and oxygen atoms in total. The molecule has 1 heterocycles. The summed E-state index contributed by atoms with van der Waals surface area (Å²) in [6.45, 7) is 0.692. The average molecular weight is 299 g/mol. The van der Waals surface area contributed by atoms with Crippen molar-refractivity contribution >= 4 is 21.8 Å². The van der Waals surface area contributed by atoms with Crippen LogP contribution >= 0.6 is 15.9 Å². The first-order chi connectivity index (χ1) is 8.08. The minimum absolute atomic E-state index is 0.0358. The number of hydrogen-bond donors (Lipinski definition) is 1. The average Bonchev–Trinajstić information content (AvgIpc) is 2.26. The number of hydrogen-bond acceptors (Lipinski definition) is 3. The Morgan fingerprint density at radius 3 is 2.94 bits per heavy atom. The number of amides is 1. The van der Waals surface area contributed by atoms with Crippen molar-refractivity contribution < 1.29 is 9.90 Å². The molecule has 92 valence electrons. The van der Waals surface area contributed by atoms with Crippen LogP contribution in [0.25, 0.3) is 0 Å². The lowest BCUT2D eigenvalue weighted by molar-refractivity contribution is 0.0265. The van der Waals surface area contributed by atoms with Crippen molar-refractivity contribution in [2.45, 2.75) is 18.9 Å². The SMILES string of the molecule is CN(CC1CC(O)C1)C(=O)c1cccnc1Br. The number of aliphatic hydroxyl groups is 1. The van der Waals surface area contributed by atoms with Gasteiger partial charge in [0.05, 0.1) is 11.7 Å². The molecule has 0 bridgehead atoms. The predicted octanol–water partition coefficient (Wildman–Crippen LogP) is 1.69. The predicted molar refractivity (Wildman–Crippen MR) is 67.6 cm³/mol. The van der Waals surface area contributed by atoms with Gasteiger partial charge in [-0.25, -0.2) is 4.98 Å². The van der Waals surface area contributed by atoms with Crippen LogP contribution in [0.5, 0.6) is 0 Å². The summed E-state index contributed by atoms with van der Waals surface area (Å²) < 4.78 is 0.575. The van der Waals surface area contributed by atoms with Gasteiger partial charge in [0, 0.05) is 19.8 Å². The second kappa shape index (κ2) is 5.14. The molecule has 1 N–H and O–H groups in total. The van der Waals surface area contributed by atoms with Gasteiger partial charge in [0.15, 0.2) is 0 Å². The molecular formula is C12H15BrN2O2. The van der Waals surface area contributed by atoms with E-state index in [1.54, 1.807) is 30.3 Å². The maximum absolute atomic E-state index is 12.1. The Kier molecular flexibility index (Phi) is 3.79. The molecule has 1 aliphatic carbocycles. The summed E-state index contributed by atoms with van der Waals surface area (Å²) in [6.07, 6.45) is 3.06. The number of aromatic nitrogens is 1. The van der Waals surface area contributed by atoms with Crippen molar-refractivity contribution in [2.75, 3.05) is 13.6 Å². The third kappa shape index (κ3) is 2.84. The molecule has 1 saturated carbocycles. The van der Waals surface area contributed by atoms with E-state index in [9.17, 15) is 9.90 Å². The van der Waals surface area contributed by atoms with Gasteiger partial charge in [-0.1, -0.05) is 0 Å². The third-order valence-electron chi connectivity index (χ3n) is 3.08. The first-order valence-corrected chi connectivity index (χ1v) is 6.41. The zero-order valence-electron chi connectivity index (χ0n) is 9.64. The van der Waals surface area contributed by atoms with E-state index in [4.69, 9.17) is 0 Å². The second-order valence-electron chi connectivity index (χ2n) is 4.52. The maximum atomic E-state index is 12.1. The molecular weight excluding hydrogens is 284 g/mol. The summed E-state index contributed by atoms with van der Waals surface area (Å²) in [5.74, 6) is 0.390. The lowest BCUT2D eigenvalue weighted by atomic mass is 9.82. The van der Waals surface area contributed by atoms with Gasteiger partial charge in [-0.2, -0.15) is 0 Å². The number of aliphatic hydroxyl groups excluding tert-OH is 1. The van der Waals surface area contributed by atoms with Gasteiger partial charge in [-0.05, 0) is 46.8 Å². The van der Waals surface area contributed by atoms with Gasteiger partial charge in [0.1, 0.15) is 4.60 Å². The van der Waals surface area contributed by atoms with Gasteiger partial charge < -0.3 is 10.0 Å². The molecule has 0 atom stereocenters. The lowest BCUT2D eigenvalue weighted by Gasteiger charge is -2.34. The highest BCUT2D eigenvalue weighted by molar-refractivity contribution is 9.10. The summed E-state index contributed by atoms with van der Waals surface area (Å²) >= 11 is 3.27. The molecule has 0 saturated heterocycles. The normalized spacial score (nSPS) is 23.0. The summed E-state index contributed by atoms with van der Waals surface area (Å²) in [6, 6.07) is 3.50. The quantitative estimate of drug-likeness (QED) is 0.864. The highest BCUT2D eigenvalue weighted by Crippen LogP contribution is 2.28. The monoisotopic (exact) mass is 298 g/mol. The van der Waals surface area contributed by atoms with E-state index in [0.717, 1.165) is 12.8 Å². The Bertz CT molecular complexity index is 419. The van der Waals surface area contributed by atoms with Crippen LogP contribution in [0, 0.1) is 5.92 Å². The topological polar surface area (TPSA) is 53.4 Å². The van der Waals surface area contributed by atoms with Crippen LogP contribution in [0.2, 0.25) is 0 Å². The zero-order valence-corrected chi connectivity index (χ0v) is 11.2. The highest BCUT2D eigenvalue weighted by atomic mass is 79.9. The van der Waals surface area contributed by atoms with Crippen molar-refractivity contribution in [1.82, 2.24) is 9.88 Å². The Hall–Kier alpha value is -0.940. The standard InChI is InChI=1S/C12H15BrN2O2/c1-15(7-8-5-9(16)6-8)12(17)10-3-2-4-14-11(10)13/h2-4,8-9,16H,5-7H2,1H3. The van der Waals surface area contributed by atoms with E-state index >= 15 is 0 Å². The summed E-state index contributed by atoms with van der Waals surface area (Å²) in [7, 11) is 1.78. The Morgan fingerprint density at radius 1 is 1.65 bits per heavy atom. The van der Waals surface area contributed by atoms with Crippen molar-refractivity contribution in [3.8, 4) is 0 Å². The summed E-state index contributed by atoms with van der Waals surface area (Å²) in [5.41, 5.74) is 0.579. The largest absolute Gasteiger partial charge is 0.393 e. The van der Waals surface area contributed by atoms with Crippen LogP contribution in [-0.2, 0) is 0 Å². The molecule has 5 heteroatoms. The molecule has 1 aromatic heterocycles. The smallest absolute Gasteiger partial charge is 0.256 e. The fourth-order valence-electron chi connectivity index (χ4n) is 2.07. The highest BCUT2D eigenvalue weighted by Gasteiger charge is 2.29. The fourth-order valence-corrected chi connectivity index (χ4v) is 2.49. The number of carbonyl (C=O) groups is 1. The molecule has 0 aliphatic heterocycles. The molecule has 1 fully saturated rings. The maximum Gasteiger partial charge on any atom is 0.256 e. The van der Waals surface area contributed by atoms with Crippen LogP contribution < -0.4 is 0 Å². The molecule has 0 spiro atoms. The number of rotatable bonds is 3. The van der Waals surface area contributed by atoms with Crippen molar-refractivity contribution in [2.24, 2.45) is 5.92 Å². The van der Waals surface area contributed by atoms with Gasteiger partial charge in [-0.15, -0.1) is 0 Å².